The molecule has 0 bridgehead atoms. The molecule has 0 heterocycles. The molecule has 0 saturated carbocycles. The summed E-state index contributed by atoms with van der Waals surface area (Å²) in [6.45, 7) is 4.12. The second-order valence-corrected chi connectivity index (χ2v) is 6.41. The molecule has 20 heavy (non-hydrogen) atoms. The number of para-hydroxylation sites is 1. The number of hydrogen-bond donors (Lipinski definition) is 0. The number of rotatable bonds is 2. The Hall–Kier alpha value is -2.07. The van der Waals surface area contributed by atoms with Crippen molar-refractivity contribution in [2.24, 2.45) is 0 Å². The molecule has 0 atom stereocenters. The average Bonchev–Trinajstić information content (AvgIpc) is 2.44. The summed E-state index contributed by atoms with van der Waals surface area (Å²) in [5, 5.41) is 0. The fourth-order valence-corrected chi connectivity index (χ4v) is 2.31. The Morgan fingerprint density at radius 1 is 1.00 bits per heavy atom. The fraction of sp³-hybridized carbons (Fsp3) is 0.188. The van der Waals surface area contributed by atoms with Gasteiger partial charge >= 0.3 is 6.03 Å². The van der Waals surface area contributed by atoms with Crippen molar-refractivity contribution in [3.05, 3.63) is 59.7 Å². The molecule has 0 saturated heterocycles. The first-order chi connectivity index (χ1) is 9.52. The van der Waals surface area contributed by atoms with Gasteiger partial charge in [0.25, 0.3) is 0 Å². The Morgan fingerprint density at radius 3 is 2.25 bits per heavy atom. The van der Waals surface area contributed by atoms with Gasteiger partial charge in [0.05, 0.1) is 11.4 Å². The van der Waals surface area contributed by atoms with Crippen molar-refractivity contribution in [2.75, 3.05) is 11.9 Å². The summed E-state index contributed by atoms with van der Waals surface area (Å²) in [7, 11) is 2.52. The van der Waals surface area contributed by atoms with Crippen LogP contribution in [0.4, 0.5) is 16.2 Å². The van der Waals surface area contributed by atoms with E-state index >= 15 is 0 Å². The SMILES string of the molecule is Cc1cccc(N(C(=O)N(C)[SiH3])c2ccccc2)c1C. The number of carbonyl (C=O) groups excluding carboxylic acids is 1. The number of carbonyl (C=O) groups is 1. The minimum Gasteiger partial charge on any atom is -0.363 e. The van der Waals surface area contributed by atoms with Gasteiger partial charge in [0.2, 0.25) is 0 Å². The third-order valence-electron chi connectivity index (χ3n) is 3.41. The van der Waals surface area contributed by atoms with Gasteiger partial charge in [-0.05, 0) is 43.2 Å². The predicted molar refractivity (Wildman–Crippen MR) is 87.6 cm³/mol. The van der Waals surface area contributed by atoms with E-state index in [2.05, 4.69) is 19.9 Å². The van der Waals surface area contributed by atoms with Gasteiger partial charge in [-0.2, -0.15) is 0 Å². The van der Waals surface area contributed by atoms with Gasteiger partial charge < -0.3 is 4.57 Å². The van der Waals surface area contributed by atoms with Gasteiger partial charge in [0, 0.05) is 7.05 Å². The highest BCUT2D eigenvalue weighted by molar-refractivity contribution is 6.18. The van der Waals surface area contributed by atoms with E-state index in [1.165, 1.54) is 5.56 Å². The fourth-order valence-electron chi connectivity index (χ4n) is 2.11. The smallest absolute Gasteiger partial charge is 0.320 e. The lowest BCUT2D eigenvalue weighted by Crippen LogP contribution is -2.37. The summed E-state index contributed by atoms with van der Waals surface area (Å²) in [5.41, 5.74) is 4.17. The van der Waals surface area contributed by atoms with Gasteiger partial charge in [-0.3, -0.25) is 4.90 Å². The van der Waals surface area contributed by atoms with Crippen LogP contribution in [0, 0.1) is 13.8 Å². The molecule has 0 N–H and O–H groups in total. The molecule has 3 nitrogen and oxygen atoms in total. The van der Waals surface area contributed by atoms with Crippen molar-refractivity contribution in [1.82, 2.24) is 4.57 Å². The third-order valence-corrected chi connectivity index (χ3v) is 3.79. The Labute approximate surface area is 123 Å². The Bertz CT molecular complexity index is 611. The van der Waals surface area contributed by atoms with Crippen molar-refractivity contribution in [1.29, 1.82) is 0 Å². The lowest BCUT2D eigenvalue weighted by molar-refractivity contribution is 0.237. The molecule has 2 aromatic carbocycles. The molecular formula is C16H20N2OSi. The van der Waals surface area contributed by atoms with E-state index in [-0.39, 0.29) is 6.03 Å². The number of nitrogens with zero attached hydrogens (tertiary/aromatic N) is 2. The molecule has 0 fully saturated rings. The molecule has 0 aromatic heterocycles. The first-order valence-corrected chi connectivity index (χ1v) is 7.54. The van der Waals surface area contributed by atoms with Crippen LogP contribution in [0.2, 0.25) is 0 Å². The molecule has 0 unspecified atom stereocenters. The molecule has 0 spiro atoms. The first-order valence-electron chi connectivity index (χ1n) is 6.65. The van der Waals surface area contributed by atoms with Gasteiger partial charge in [-0.25, -0.2) is 4.79 Å². The van der Waals surface area contributed by atoms with E-state index in [0.717, 1.165) is 16.9 Å². The van der Waals surface area contributed by atoms with E-state index in [1.54, 1.807) is 9.47 Å². The zero-order chi connectivity index (χ0) is 14.7. The second kappa shape index (κ2) is 5.92. The Morgan fingerprint density at radius 2 is 1.65 bits per heavy atom. The Balaban J connectivity index is 2.58. The number of urea groups is 1. The second-order valence-electron chi connectivity index (χ2n) is 5.07. The van der Waals surface area contributed by atoms with E-state index in [1.807, 2.05) is 49.5 Å². The van der Waals surface area contributed by atoms with Gasteiger partial charge in [-0.1, -0.05) is 30.3 Å². The van der Waals surface area contributed by atoms with Crippen LogP contribution >= 0.6 is 0 Å². The minimum absolute atomic E-state index is 0.0107. The number of benzene rings is 2. The molecule has 0 aliphatic rings. The first kappa shape index (κ1) is 14.3. The molecule has 2 aromatic rings. The number of aryl methyl sites for hydroxylation is 1. The van der Waals surface area contributed by atoms with Crippen LogP contribution in [0.3, 0.4) is 0 Å². The zero-order valence-electron chi connectivity index (χ0n) is 12.4. The van der Waals surface area contributed by atoms with Crippen molar-refractivity contribution in [2.45, 2.75) is 13.8 Å². The van der Waals surface area contributed by atoms with Crippen molar-refractivity contribution >= 4 is 27.8 Å². The summed E-state index contributed by atoms with van der Waals surface area (Å²) in [6, 6.07) is 15.9. The molecule has 4 heteroatoms. The van der Waals surface area contributed by atoms with Crippen LogP contribution in [0.5, 0.6) is 0 Å². The summed E-state index contributed by atoms with van der Waals surface area (Å²) < 4.78 is 1.73. The number of hydrogen-bond acceptors (Lipinski definition) is 1. The highest BCUT2D eigenvalue weighted by Crippen LogP contribution is 2.30. The van der Waals surface area contributed by atoms with E-state index in [0.29, 0.717) is 10.4 Å². The van der Waals surface area contributed by atoms with E-state index < -0.39 is 0 Å². The predicted octanol–water partition coefficient (Wildman–Crippen LogP) is 2.77. The van der Waals surface area contributed by atoms with Crippen LogP contribution in [0.15, 0.2) is 48.5 Å². The van der Waals surface area contributed by atoms with Gasteiger partial charge in [-0.15, -0.1) is 0 Å². The normalized spacial score (nSPS) is 10.3. The standard InChI is InChI=1S/C16H20N2OSi/c1-12-8-7-11-15(13(12)2)18(16(19)17(3)20)14-9-5-4-6-10-14/h4-11H,1-3,20H3. The molecule has 0 aliphatic heterocycles. The molecular weight excluding hydrogens is 264 g/mol. The quantitative estimate of drug-likeness (QED) is 0.778. The van der Waals surface area contributed by atoms with Crippen LogP contribution in [0.25, 0.3) is 0 Å². The molecule has 2 rings (SSSR count). The number of amides is 2. The number of anilines is 2. The summed E-state index contributed by atoms with van der Waals surface area (Å²) in [6.07, 6.45) is 0. The van der Waals surface area contributed by atoms with Gasteiger partial charge in [0.1, 0.15) is 10.4 Å². The van der Waals surface area contributed by atoms with E-state index in [9.17, 15) is 4.79 Å². The summed E-state index contributed by atoms with van der Waals surface area (Å²) >= 11 is 0. The largest absolute Gasteiger partial charge is 0.363 e. The summed E-state index contributed by atoms with van der Waals surface area (Å²) in [4.78, 5) is 14.4. The maximum atomic E-state index is 12.6. The third kappa shape index (κ3) is 2.75. The van der Waals surface area contributed by atoms with Crippen LogP contribution in [-0.4, -0.2) is 28.0 Å². The molecule has 2 amide bonds. The maximum Gasteiger partial charge on any atom is 0.320 e. The van der Waals surface area contributed by atoms with Crippen LogP contribution in [-0.2, 0) is 0 Å². The van der Waals surface area contributed by atoms with E-state index in [4.69, 9.17) is 0 Å². The van der Waals surface area contributed by atoms with Crippen LogP contribution in [0.1, 0.15) is 11.1 Å². The summed E-state index contributed by atoms with van der Waals surface area (Å²) in [5.74, 6) is 0. The monoisotopic (exact) mass is 284 g/mol. The lowest BCUT2D eigenvalue weighted by Gasteiger charge is -2.28. The Kier molecular flexibility index (Phi) is 4.25. The lowest BCUT2D eigenvalue weighted by atomic mass is 10.1. The average molecular weight is 284 g/mol. The minimum atomic E-state index is 0.0107. The molecule has 104 valence electrons. The van der Waals surface area contributed by atoms with Gasteiger partial charge in [0.15, 0.2) is 0 Å². The zero-order valence-corrected chi connectivity index (χ0v) is 14.4. The molecule has 0 aliphatic carbocycles. The van der Waals surface area contributed by atoms with Crippen LogP contribution < -0.4 is 4.90 Å². The van der Waals surface area contributed by atoms with Crippen molar-refractivity contribution in [3.8, 4) is 0 Å². The van der Waals surface area contributed by atoms with Crippen molar-refractivity contribution in [3.63, 3.8) is 0 Å². The van der Waals surface area contributed by atoms with Crippen molar-refractivity contribution < 1.29 is 4.79 Å². The highest BCUT2D eigenvalue weighted by Gasteiger charge is 2.21. The maximum absolute atomic E-state index is 12.6. The molecule has 0 radical (unpaired) electrons. The highest BCUT2D eigenvalue weighted by atomic mass is 28.2. The topological polar surface area (TPSA) is 23.6 Å².